The van der Waals surface area contributed by atoms with E-state index in [4.69, 9.17) is 14.5 Å². The number of imidazole rings is 1. The summed E-state index contributed by atoms with van der Waals surface area (Å²) in [7, 11) is 3.28. The molecule has 3 heterocycles. The van der Waals surface area contributed by atoms with Crippen molar-refractivity contribution in [1.82, 2.24) is 18.7 Å². The third-order valence-electron chi connectivity index (χ3n) is 5.48. The fraction of sp³-hybridized carbons (Fsp3) is 0.476. The van der Waals surface area contributed by atoms with Crippen molar-refractivity contribution in [3.63, 3.8) is 0 Å². The van der Waals surface area contributed by atoms with Crippen molar-refractivity contribution in [1.29, 1.82) is 0 Å². The zero-order chi connectivity index (χ0) is 21.4. The van der Waals surface area contributed by atoms with E-state index >= 15 is 0 Å². The van der Waals surface area contributed by atoms with Crippen molar-refractivity contribution >= 4 is 22.8 Å². The van der Waals surface area contributed by atoms with Crippen LogP contribution in [0.15, 0.2) is 33.9 Å². The van der Waals surface area contributed by atoms with E-state index in [1.807, 2.05) is 35.8 Å². The zero-order valence-electron chi connectivity index (χ0n) is 17.8. The molecule has 30 heavy (non-hydrogen) atoms. The monoisotopic (exact) mass is 413 g/mol. The molecule has 0 N–H and O–H groups in total. The van der Waals surface area contributed by atoms with E-state index < -0.39 is 0 Å². The van der Waals surface area contributed by atoms with Gasteiger partial charge >= 0.3 is 5.69 Å². The average Bonchev–Trinajstić information content (AvgIpc) is 3.13. The van der Waals surface area contributed by atoms with Crippen molar-refractivity contribution in [2.24, 2.45) is 13.0 Å². The second kappa shape index (κ2) is 7.98. The third kappa shape index (κ3) is 3.19. The number of benzene rings is 1. The molecule has 0 fully saturated rings. The Bertz CT molecular complexity index is 1190. The lowest BCUT2D eigenvalue weighted by atomic mass is 10.1. The molecular weight excluding hydrogens is 386 g/mol. The molecule has 4 rings (SSSR count). The Hall–Kier alpha value is -3.07. The summed E-state index contributed by atoms with van der Waals surface area (Å²) in [5.41, 5.74) is 0.988. The zero-order valence-corrected chi connectivity index (χ0v) is 17.8. The van der Waals surface area contributed by atoms with Crippen LogP contribution >= 0.6 is 0 Å². The molecule has 1 aliphatic rings. The van der Waals surface area contributed by atoms with Gasteiger partial charge in [0.2, 0.25) is 5.95 Å². The van der Waals surface area contributed by atoms with Gasteiger partial charge in [0, 0.05) is 26.7 Å². The van der Waals surface area contributed by atoms with Gasteiger partial charge in [0.15, 0.2) is 11.2 Å². The van der Waals surface area contributed by atoms with Crippen LogP contribution in [0.2, 0.25) is 0 Å². The Kier molecular flexibility index (Phi) is 5.38. The average molecular weight is 413 g/mol. The standard InChI is InChI=1S/C21H27N5O4/c1-5-30-11-10-24-19(27)17-18(23(3)21(24)28)22-20-25(12-14(2)13-26(17)20)15-8-6-7-9-16(15)29-4/h6-9,14H,5,10-13H2,1-4H3/t14-/m0/s1. The van der Waals surface area contributed by atoms with Gasteiger partial charge in [0.05, 0.1) is 25.9 Å². The van der Waals surface area contributed by atoms with E-state index in [-0.39, 0.29) is 23.7 Å². The van der Waals surface area contributed by atoms with Crippen molar-refractivity contribution < 1.29 is 9.47 Å². The first-order chi connectivity index (χ1) is 14.5. The van der Waals surface area contributed by atoms with Crippen LogP contribution in [0.25, 0.3) is 11.2 Å². The second-order valence-corrected chi connectivity index (χ2v) is 7.58. The predicted molar refractivity (Wildman–Crippen MR) is 115 cm³/mol. The molecule has 1 aromatic carbocycles. The molecule has 0 saturated heterocycles. The number of hydrogen-bond acceptors (Lipinski definition) is 6. The smallest absolute Gasteiger partial charge is 0.332 e. The van der Waals surface area contributed by atoms with Crippen LogP contribution in [0.5, 0.6) is 5.75 Å². The molecule has 1 atom stereocenters. The molecule has 0 spiro atoms. The maximum atomic E-state index is 13.3. The van der Waals surface area contributed by atoms with E-state index in [1.165, 1.54) is 9.13 Å². The van der Waals surface area contributed by atoms with E-state index in [0.717, 1.165) is 18.0 Å². The normalized spacial score (nSPS) is 16.1. The number of hydrogen-bond donors (Lipinski definition) is 0. The van der Waals surface area contributed by atoms with Crippen LogP contribution in [-0.2, 0) is 24.9 Å². The number of para-hydroxylation sites is 2. The molecule has 0 aliphatic carbocycles. The topological polar surface area (TPSA) is 83.5 Å². The number of nitrogens with zero attached hydrogens (tertiary/aromatic N) is 5. The molecule has 2 aromatic heterocycles. The van der Waals surface area contributed by atoms with Crippen molar-refractivity contribution in [2.45, 2.75) is 26.9 Å². The Balaban J connectivity index is 1.94. The van der Waals surface area contributed by atoms with Gasteiger partial charge in [-0.1, -0.05) is 19.1 Å². The highest BCUT2D eigenvalue weighted by Crippen LogP contribution is 2.37. The minimum Gasteiger partial charge on any atom is -0.495 e. The lowest BCUT2D eigenvalue weighted by Gasteiger charge is -2.33. The number of methoxy groups -OCH3 is 1. The Morgan fingerprint density at radius 2 is 1.97 bits per heavy atom. The van der Waals surface area contributed by atoms with Crippen molar-refractivity contribution in [2.75, 3.05) is 31.8 Å². The summed E-state index contributed by atoms with van der Waals surface area (Å²) in [6, 6.07) is 7.73. The highest BCUT2D eigenvalue weighted by molar-refractivity contribution is 5.78. The molecule has 0 bridgehead atoms. The summed E-state index contributed by atoms with van der Waals surface area (Å²) in [6.07, 6.45) is 0. The lowest BCUT2D eigenvalue weighted by Crippen LogP contribution is -2.41. The molecular formula is C21H27N5O4. The summed E-state index contributed by atoms with van der Waals surface area (Å²) >= 11 is 0. The van der Waals surface area contributed by atoms with Crippen LogP contribution in [0, 0.1) is 5.92 Å². The SMILES string of the molecule is CCOCCn1c(=O)c2c(nc3n2C[C@@H](C)CN3c2ccccc2OC)n(C)c1=O. The lowest BCUT2D eigenvalue weighted by molar-refractivity contribution is 0.137. The Labute approximate surface area is 174 Å². The fourth-order valence-electron chi connectivity index (χ4n) is 4.06. The maximum absolute atomic E-state index is 13.3. The van der Waals surface area contributed by atoms with Gasteiger partial charge in [-0.05, 0) is 25.0 Å². The largest absolute Gasteiger partial charge is 0.495 e. The first-order valence-electron chi connectivity index (χ1n) is 10.2. The van der Waals surface area contributed by atoms with Crippen LogP contribution in [0.1, 0.15) is 13.8 Å². The molecule has 3 aromatic rings. The number of aryl methyl sites for hydroxylation is 1. The van der Waals surface area contributed by atoms with Crippen LogP contribution < -0.4 is 20.9 Å². The molecule has 9 heteroatoms. The summed E-state index contributed by atoms with van der Waals surface area (Å²) in [5.74, 6) is 1.64. The quantitative estimate of drug-likeness (QED) is 0.573. The predicted octanol–water partition coefficient (Wildman–Crippen LogP) is 1.73. The minimum atomic E-state index is -0.389. The summed E-state index contributed by atoms with van der Waals surface area (Å²) < 4.78 is 15.5. The van der Waals surface area contributed by atoms with E-state index in [0.29, 0.717) is 36.9 Å². The van der Waals surface area contributed by atoms with Gasteiger partial charge in [-0.15, -0.1) is 0 Å². The highest BCUT2D eigenvalue weighted by Gasteiger charge is 2.30. The summed E-state index contributed by atoms with van der Waals surface area (Å²) in [4.78, 5) is 32.9. The minimum absolute atomic E-state index is 0.210. The molecule has 0 unspecified atom stereocenters. The number of anilines is 2. The molecule has 0 saturated carbocycles. The van der Waals surface area contributed by atoms with Gasteiger partial charge in [-0.2, -0.15) is 4.98 Å². The summed E-state index contributed by atoms with van der Waals surface area (Å²) in [6.45, 7) is 6.44. The van der Waals surface area contributed by atoms with E-state index in [9.17, 15) is 9.59 Å². The van der Waals surface area contributed by atoms with Crippen molar-refractivity contribution in [3.05, 3.63) is 45.1 Å². The number of rotatable bonds is 6. The first kappa shape index (κ1) is 20.2. The Morgan fingerprint density at radius 1 is 1.20 bits per heavy atom. The molecule has 160 valence electrons. The molecule has 1 aliphatic heterocycles. The number of fused-ring (bicyclic) bond motifs is 3. The van der Waals surface area contributed by atoms with Gasteiger partial charge in [0.1, 0.15) is 5.75 Å². The van der Waals surface area contributed by atoms with E-state index in [2.05, 4.69) is 11.8 Å². The molecule has 0 radical (unpaired) electrons. The summed E-state index contributed by atoms with van der Waals surface area (Å²) in [5, 5.41) is 0. The van der Waals surface area contributed by atoms with Crippen molar-refractivity contribution in [3.8, 4) is 5.75 Å². The van der Waals surface area contributed by atoms with Crippen LogP contribution in [-0.4, -0.2) is 45.6 Å². The fourth-order valence-corrected chi connectivity index (χ4v) is 4.06. The number of ether oxygens (including phenoxy) is 2. The first-order valence-corrected chi connectivity index (χ1v) is 10.2. The van der Waals surface area contributed by atoms with Gasteiger partial charge in [-0.25, -0.2) is 4.79 Å². The highest BCUT2D eigenvalue weighted by atomic mass is 16.5. The number of aromatic nitrogens is 4. The van der Waals surface area contributed by atoms with Crippen LogP contribution in [0.4, 0.5) is 11.6 Å². The third-order valence-corrected chi connectivity index (χ3v) is 5.48. The van der Waals surface area contributed by atoms with E-state index in [1.54, 1.807) is 14.2 Å². The van der Waals surface area contributed by atoms with Gasteiger partial charge in [0.25, 0.3) is 5.56 Å². The van der Waals surface area contributed by atoms with Gasteiger partial charge in [-0.3, -0.25) is 13.9 Å². The molecule has 9 nitrogen and oxygen atoms in total. The Morgan fingerprint density at radius 3 is 2.70 bits per heavy atom. The maximum Gasteiger partial charge on any atom is 0.332 e. The van der Waals surface area contributed by atoms with Gasteiger partial charge < -0.3 is 18.9 Å². The molecule has 0 amide bonds. The van der Waals surface area contributed by atoms with Crippen LogP contribution in [0.3, 0.4) is 0 Å². The second-order valence-electron chi connectivity index (χ2n) is 7.58.